The van der Waals surface area contributed by atoms with Crippen LogP contribution in [0.5, 0.6) is 0 Å². The number of hydrogen-bond acceptors (Lipinski definition) is 0. The zero-order chi connectivity index (χ0) is 10.9. The second-order valence-corrected chi connectivity index (χ2v) is 5.17. The first-order valence-corrected chi connectivity index (χ1v) is 5.82. The van der Waals surface area contributed by atoms with Crippen molar-refractivity contribution in [3.05, 3.63) is 33.0 Å². The van der Waals surface area contributed by atoms with Gasteiger partial charge in [0, 0.05) is 10.0 Å². The SMILES string of the molecule is CC(C)C(Cl)c1cc(Cl)c(Br)cc1F. The van der Waals surface area contributed by atoms with Crippen LogP contribution in [0.1, 0.15) is 24.8 Å². The van der Waals surface area contributed by atoms with Gasteiger partial charge in [-0.2, -0.15) is 0 Å². The molecule has 0 amide bonds. The van der Waals surface area contributed by atoms with Gasteiger partial charge in [0.25, 0.3) is 0 Å². The topological polar surface area (TPSA) is 0 Å². The first kappa shape index (κ1) is 12.3. The smallest absolute Gasteiger partial charge is 0.129 e. The predicted molar refractivity (Wildman–Crippen MR) is 62.5 cm³/mol. The van der Waals surface area contributed by atoms with E-state index in [1.807, 2.05) is 13.8 Å². The highest BCUT2D eigenvalue weighted by Gasteiger charge is 2.18. The Labute approximate surface area is 102 Å². The van der Waals surface area contributed by atoms with Gasteiger partial charge in [-0.25, -0.2) is 4.39 Å². The van der Waals surface area contributed by atoms with E-state index in [0.29, 0.717) is 15.1 Å². The monoisotopic (exact) mass is 298 g/mol. The van der Waals surface area contributed by atoms with Crippen molar-refractivity contribution in [2.24, 2.45) is 5.92 Å². The summed E-state index contributed by atoms with van der Waals surface area (Å²) in [6.45, 7) is 3.88. The summed E-state index contributed by atoms with van der Waals surface area (Å²) >= 11 is 15.1. The van der Waals surface area contributed by atoms with Crippen LogP contribution in [0.3, 0.4) is 0 Å². The van der Waals surface area contributed by atoms with Crippen molar-refractivity contribution < 1.29 is 4.39 Å². The largest absolute Gasteiger partial charge is 0.207 e. The molecule has 0 aliphatic heterocycles. The van der Waals surface area contributed by atoms with Crippen LogP contribution in [0.25, 0.3) is 0 Å². The molecule has 78 valence electrons. The van der Waals surface area contributed by atoms with E-state index in [2.05, 4.69) is 15.9 Å². The normalized spacial score (nSPS) is 13.4. The summed E-state index contributed by atoms with van der Waals surface area (Å²) in [6, 6.07) is 2.91. The molecule has 1 atom stereocenters. The third-order valence-electron chi connectivity index (χ3n) is 1.92. The molecule has 1 unspecified atom stereocenters. The summed E-state index contributed by atoms with van der Waals surface area (Å²) < 4.78 is 14.0. The zero-order valence-corrected chi connectivity index (χ0v) is 10.9. The van der Waals surface area contributed by atoms with E-state index in [1.165, 1.54) is 6.07 Å². The second-order valence-electron chi connectivity index (χ2n) is 3.43. The number of benzene rings is 1. The lowest BCUT2D eigenvalue weighted by Gasteiger charge is -2.15. The fourth-order valence-corrected chi connectivity index (χ4v) is 1.76. The number of hydrogen-bond donors (Lipinski definition) is 0. The fraction of sp³-hybridized carbons (Fsp3) is 0.400. The molecule has 1 aromatic rings. The van der Waals surface area contributed by atoms with Crippen molar-refractivity contribution in [3.8, 4) is 0 Å². The van der Waals surface area contributed by atoms with Gasteiger partial charge in [0.2, 0.25) is 0 Å². The van der Waals surface area contributed by atoms with Crippen molar-refractivity contribution in [1.29, 1.82) is 0 Å². The van der Waals surface area contributed by atoms with Gasteiger partial charge < -0.3 is 0 Å². The Bertz CT molecular complexity index is 339. The van der Waals surface area contributed by atoms with Gasteiger partial charge in [0.1, 0.15) is 5.82 Å². The van der Waals surface area contributed by atoms with E-state index >= 15 is 0 Å². The molecule has 14 heavy (non-hydrogen) atoms. The first-order chi connectivity index (χ1) is 6.43. The van der Waals surface area contributed by atoms with Crippen molar-refractivity contribution in [1.82, 2.24) is 0 Å². The van der Waals surface area contributed by atoms with Crippen LogP contribution in [0, 0.1) is 11.7 Å². The van der Waals surface area contributed by atoms with Crippen LogP contribution in [0.15, 0.2) is 16.6 Å². The number of rotatable bonds is 2. The van der Waals surface area contributed by atoms with Crippen molar-refractivity contribution in [2.45, 2.75) is 19.2 Å². The molecule has 0 N–H and O–H groups in total. The van der Waals surface area contributed by atoms with E-state index in [4.69, 9.17) is 23.2 Å². The molecule has 1 aromatic carbocycles. The third-order valence-corrected chi connectivity index (χ3v) is 3.86. The molecule has 0 radical (unpaired) electrons. The molecule has 0 nitrogen and oxygen atoms in total. The van der Waals surface area contributed by atoms with Gasteiger partial charge >= 0.3 is 0 Å². The highest BCUT2D eigenvalue weighted by Crippen LogP contribution is 2.34. The molecule has 0 bridgehead atoms. The van der Waals surface area contributed by atoms with E-state index in [9.17, 15) is 4.39 Å². The molecule has 0 aliphatic carbocycles. The van der Waals surface area contributed by atoms with Crippen LogP contribution in [0.2, 0.25) is 5.02 Å². The average molecular weight is 300 g/mol. The lowest BCUT2D eigenvalue weighted by Crippen LogP contribution is -2.02. The van der Waals surface area contributed by atoms with Gasteiger partial charge in [-0.05, 0) is 34.0 Å². The van der Waals surface area contributed by atoms with Gasteiger partial charge in [-0.3, -0.25) is 0 Å². The van der Waals surface area contributed by atoms with Crippen molar-refractivity contribution in [2.75, 3.05) is 0 Å². The van der Waals surface area contributed by atoms with Crippen LogP contribution >= 0.6 is 39.1 Å². The maximum Gasteiger partial charge on any atom is 0.129 e. The number of alkyl halides is 1. The molecule has 1 rings (SSSR count). The van der Waals surface area contributed by atoms with Gasteiger partial charge in [0.05, 0.1) is 10.4 Å². The summed E-state index contributed by atoms with van der Waals surface area (Å²) in [5.41, 5.74) is 0.454. The number of halogens is 4. The molecule has 0 heterocycles. The standard InChI is InChI=1S/C10H10BrCl2F/c1-5(2)10(13)6-3-8(12)7(11)4-9(6)14/h3-5,10H,1-2H3. The van der Waals surface area contributed by atoms with Gasteiger partial charge in [-0.1, -0.05) is 25.4 Å². The molecule has 0 saturated heterocycles. The summed E-state index contributed by atoms with van der Waals surface area (Å²) in [7, 11) is 0. The van der Waals surface area contributed by atoms with Crippen molar-refractivity contribution in [3.63, 3.8) is 0 Å². The van der Waals surface area contributed by atoms with Gasteiger partial charge in [0.15, 0.2) is 0 Å². The van der Waals surface area contributed by atoms with Crippen LogP contribution in [-0.2, 0) is 0 Å². The lowest BCUT2D eigenvalue weighted by molar-refractivity contribution is 0.562. The van der Waals surface area contributed by atoms with Crippen molar-refractivity contribution >= 4 is 39.1 Å². The highest BCUT2D eigenvalue weighted by molar-refractivity contribution is 9.10. The highest BCUT2D eigenvalue weighted by atomic mass is 79.9. The molecule has 0 fully saturated rings. The Morgan fingerprint density at radius 3 is 2.43 bits per heavy atom. The van der Waals surface area contributed by atoms with Crippen LogP contribution in [0.4, 0.5) is 4.39 Å². The molecular formula is C10H10BrCl2F. The van der Waals surface area contributed by atoms with E-state index < -0.39 is 0 Å². The fourth-order valence-electron chi connectivity index (χ4n) is 1.11. The average Bonchev–Trinajstić information content (AvgIpc) is 2.10. The molecule has 0 spiro atoms. The second kappa shape index (κ2) is 4.82. The Kier molecular flexibility index (Phi) is 4.23. The quantitative estimate of drug-likeness (QED) is 0.521. The Balaban J connectivity index is 3.15. The summed E-state index contributed by atoms with van der Waals surface area (Å²) in [5.74, 6) is -0.154. The summed E-state index contributed by atoms with van der Waals surface area (Å²) in [5, 5.41) is 0.133. The van der Waals surface area contributed by atoms with E-state index in [-0.39, 0.29) is 17.1 Å². The van der Waals surface area contributed by atoms with Gasteiger partial charge in [-0.15, -0.1) is 11.6 Å². The predicted octanol–water partition coefficient (Wildman–Crippen LogP) is 5.18. The first-order valence-electron chi connectivity index (χ1n) is 4.22. The van der Waals surface area contributed by atoms with Crippen LogP contribution < -0.4 is 0 Å². The van der Waals surface area contributed by atoms with E-state index in [1.54, 1.807) is 6.07 Å². The minimum absolute atomic E-state index is 0.170. The Morgan fingerprint density at radius 2 is 1.93 bits per heavy atom. The lowest BCUT2D eigenvalue weighted by atomic mass is 10.0. The third kappa shape index (κ3) is 2.62. The molecule has 0 aromatic heterocycles. The molecular weight excluding hydrogens is 290 g/mol. The molecule has 4 heteroatoms. The summed E-state index contributed by atoms with van der Waals surface area (Å²) in [6.07, 6.45) is 0. The summed E-state index contributed by atoms with van der Waals surface area (Å²) in [4.78, 5) is 0. The van der Waals surface area contributed by atoms with E-state index in [0.717, 1.165) is 0 Å². The maximum absolute atomic E-state index is 13.5. The minimum Gasteiger partial charge on any atom is -0.207 e. The minimum atomic E-state index is -0.347. The Morgan fingerprint density at radius 1 is 1.36 bits per heavy atom. The molecule has 0 saturated carbocycles. The van der Waals surface area contributed by atoms with Crippen LogP contribution in [-0.4, -0.2) is 0 Å². The maximum atomic E-state index is 13.5. The Hall–Kier alpha value is 0.210. The molecule has 0 aliphatic rings. The zero-order valence-electron chi connectivity index (χ0n) is 7.82.